The zero-order valence-corrected chi connectivity index (χ0v) is 67.2. The fourth-order valence-electron chi connectivity index (χ4n) is 20.9. The Morgan fingerprint density at radius 3 is 1.27 bits per heavy atom. The topological polar surface area (TPSA) is 188 Å². The van der Waals surface area contributed by atoms with Crippen molar-refractivity contribution in [3.05, 3.63) is 297 Å². The SMILES string of the molecule is CC.CC[C@@]1(C)c2oncc2C[C@@]2(C)c3nc(-c4ccnc5ccccc45)nc(-c4ccccc4F)c3CC[C@@H]21.[3H][3H].[3H][3H].[3H][3H].[3H][3H].[3H][3H].[3H][3H].[3H][3H].[3H][3H].[3H][3H].[3H][3H].[3H][3H].[3H][3H].[3H][3H].[3H][3H].[3H][3H].[3H][3H].[3H][3H].[3H][3H].[3H][3H].[3H][3H].[3H][3H].[3H][3H].[3H][3H].[3H][3H].[3H][3H].[3H][3H].[3H][3H].[3H][3H].[3H][3H].[3H][3H].[3H][3H].[3H][3H].[3H][3H].[3H][3H].[3H][3H].[3H][3H].[3H][3H].[3H][3H].[3H][3H].[3H][3H].[3H][3H].[3H][3H].[3H][3H].[3H][3H].[3H][3H].[3H][3H].[3H][3H].[3H][3H].[3H][3H].[3H][3H].[3H][3H].[3H][3H].[3H][3H].[3H][3H].[3H][3H].[3H][3H].[3H][3H].[3H][3H].[3H][3H].[3H][3H].[3H][3H].[3H][3H].[3H][3H].[C-]#[N+]C1=C(O)[C@](C)(CC)[C@H]2CCc3c(-c4ccccc4F)nc(-c4ccnc5ccccc45)nc3[C@]2(C)C1.[C-]#[N+]C1=C[C@@]2(C)c3nc(-c4ccnc5ccccc45)nc(-c4ccccc4F)c3CC[C@@H]2[C@@](C)(CC)C1=O. The molecule has 0 amide bonds. The third kappa shape index (κ3) is 12.4. The van der Waals surface area contributed by atoms with Crippen LogP contribution in [-0.4, -0.2) is 60.9 Å². The highest BCUT2D eigenvalue weighted by atomic mass is 19.1. The van der Waals surface area contributed by atoms with Crippen LogP contribution in [-0.2, 0) is 52.1 Å². The molecule has 0 saturated heterocycles. The molecule has 0 saturated carbocycles. The molecular formula is C98H217F3N12O3. The number of allylic oxidation sites excluding steroid dienone is 4. The molecule has 0 radical (unpaired) electrons. The number of ketones is 1. The number of aliphatic hydroxyl groups is 1. The smallest absolute Gasteiger partial charge is 0.226 e. The standard InChI is InChI=1S/2C32H29FN4O.C32H27FN4O.C2H6.63H2/c1-4-31(2)26-14-13-23-27(22-10-5-7-11-24(22)33)36-30(21-15-16-34-25-12-8-6-9-20(21)25)37-28(23)32(26,3)17-19-18-35-38-29(19)31;2*1-5-31(2)26-15-14-22-27(21-11-6-8-12-23(21)33)36-30(20-16-17-35-24-13-9-7-10-19(20)24)37-28(22)32(26,3)18-25(34-4)29(31)38;1-2;;;;;;;;;;;;;;;;;;;;;;;;;;;;;;;;;;;;;;;;;;;;;;;;;;;;;;;;;;;;;;;/h5-12,15-16,18,26H,4,13-14,17H2,1-3H3;6-13,16-17,26,38H,5,14-15,18H2,1-3H3;6-13,16-18,26H,5,14-15H2,1-3H3;1-2H3;63*1H/t3*26-,31-,32-;;;;;;;;;;;;;;;;;;;;;;;;;;;;;;;;;;;;;;;;;;;;;;;;;;;;;;;;;;;;;;;;/m111................................................................/s1/i;;;;63*1+2T. The van der Waals surface area contributed by atoms with E-state index in [1.807, 2.05) is 155 Å². The number of carbonyl (C=O) groups excluding carboxylic acids is 1. The minimum absolute atomic E-state index is 0.0455. The molecule has 7 heterocycles. The molecule has 6 aliphatic carbocycles. The summed E-state index contributed by atoms with van der Waals surface area (Å²) in [6, 6.07) is 49.8. The zero-order chi connectivity index (χ0) is 207. The van der Waals surface area contributed by atoms with Crippen LogP contribution in [0.4, 0.5) is 13.2 Å². The number of para-hydroxylation sites is 3. The van der Waals surface area contributed by atoms with Crippen molar-refractivity contribution >= 4 is 38.5 Å². The van der Waals surface area contributed by atoms with E-state index in [1.54, 1.807) is 48.9 Å². The second-order valence-corrected chi connectivity index (χ2v) is 32.9. The van der Waals surface area contributed by atoms with E-state index in [1.165, 1.54) is 18.2 Å². The van der Waals surface area contributed by atoms with Gasteiger partial charge in [-0.25, -0.2) is 52.8 Å². The lowest BCUT2D eigenvalue weighted by Gasteiger charge is -2.54. The minimum Gasteiger partial charge on any atom is -0.523 e. The average Bonchev–Trinajstić information content (AvgIpc) is 1.36. The van der Waals surface area contributed by atoms with Crippen LogP contribution in [0.5, 0.6) is 0 Å². The molecule has 1 N–H and O–H groups in total. The Hall–Kier alpha value is -12.3. The molecule has 6 aromatic carbocycles. The van der Waals surface area contributed by atoms with Gasteiger partial charge in [-0.3, -0.25) is 15.0 Å². The van der Waals surface area contributed by atoms with Gasteiger partial charge in [-0.15, -0.1) is 0 Å². The van der Waals surface area contributed by atoms with E-state index in [-0.39, 0.29) is 57.4 Å². The van der Waals surface area contributed by atoms with Gasteiger partial charge in [0.25, 0.3) is 0 Å². The number of carbonyl (C=O) groups is 1. The highest BCUT2D eigenvalue weighted by Crippen LogP contribution is 2.63. The average molecular weight is 1920 g/mol. The van der Waals surface area contributed by atoms with Crippen molar-refractivity contribution in [3.63, 3.8) is 0 Å². The maximum absolute atomic E-state index is 15.3. The molecule has 15 nitrogen and oxygen atoms in total. The quantitative estimate of drug-likeness (QED) is 0.135. The first kappa shape index (κ1) is 33.1. The summed E-state index contributed by atoms with van der Waals surface area (Å²) in [7, 11) is 0. The summed E-state index contributed by atoms with van der Waals surface area (Å²) in [5.41, 5.74) is 12.6. The van der Waals surface area contributed by atoms with Crippen molar-refractivity contribution in [1.82, 2.24) is 50.0 Å². The number of aromatic nitrogens is 10. The summed E-state index contributed by atoms with van der Waals surface area (Å²) in [6.07, 6.45) is 17.0. The van der Waals surface area contributed by atoms with E-state index in [4.69, 9.17) is 235 Å². The zero-order valence-electron chi connectivity index (χ0n) is 193. The maximum atomic E-state index is 15.3. The van der Waals surface area contributed by atoms with Crippen LogP contribution < -0.4 is 0 Å². The van der Waals surface area contributed by atoms with Gasteiger partial charge in [-0.2, -0.15) is 0 Å². The number of hydrogen-bond donors (Lipinski definition) is 1. The third-order valence-corrected chi connectivity index (χ3v) is 27.0. The predicted octanol–water partition coefficient (Wildman–Crippen LogP) is 38.7. The maximum Gasteiger partial charge on any atom is 0.226 e. The van der Waals surface area contributed by atoms with Gasteiger partial charge in [0.1, 0.15) is 29.0 Å². The van der Waals surface area contributed by atoms with Crippen LogP contribution in [0.3, 0.4) is 0 Å². The largest absolute Gasteiger partial charge is 0.523 e. The van der Waals surface area contributed by atoms with Crippen LogP contribution >= 0.6 is 0 Å². The summed E-state index contributed by atoms with van der Waals surface area (Å²) in [5, 5.41) is 18.2. The van der Waals surface area contributed by atoms with Gasteiger partial charge in [0.2, 0.25) is 11.4 Å². The third-order valence-electron chi connectivity index (χ3n) is 27.0. The summed E-state index contributed by atoms with van der Waals surface area (Å²) < 4.78 is 682. The molecule has 18 heteroatoms. The van der Waals surface area contributed by atoms with Crippen molar-refractivity contribution in [3.8, 4) is 67.9 Å². The Bertz CT molecular complexity index is 6510. The highest BCUT2D eigenvalue weighted by molar-refractivity contribution is 6.03. The van der Waals surface area contributed by atoms with Crippen LogP contribution in [0, 0.1) is 59.2 Å². The highest BCUT2D eigenvalue weighted by Gasteiger charge is 2.60. The Kier molecular flexibility index (Phi) is 8.62. The Balaban J connectivity index is -0.0000000381. The van der Waals surface area contributed by atoms with Gasteiger partial charge in [-0.1, -0.05) is 178 Å². The number of aliphatic hydroxyl groups excluding tert-OH is 1. The first-order valence-corrected chi connectivity index (χ1v) is 40.5. The first-order valence-electron chi connectivity index (χ1n) is 103. The van der Waals surface area contributed by atoms with Crippen molar-refractivity contribution in [1.29, 1.82) is 0 Å². The van der Waals surface area contributed by atoms with Gasteiger partial charge >= 0.3 is 0 Å². The second-order valence-electron chi connectivity index (χ2n) is 32.9. The number of benzene rings is 6. The molecule has 0 unspecified atom stereocenters. The van der Waals surface area contributed by atoms with E-state index in [0.717, 1.165) is 133 Å². The van der Waals surface area contributed by atoms with Crippen molar-refractivity contribution in [2.75, 3.05) is 0 Å². The van der Waals surface area contributed by atoms with Crippen LogP contribution in [0.25, 0.3) is 110 Å². The fraction of sp³-hybridized carbons (Fsp3) is 0.316. The number of hydrogen-bond acceptors (Lipinski definition) is 13. The summed E-state index contributed by atoms with van der Waals surface area (Å²) in [6.45, 7) is 38.9. The second kappa shape index (κ2) is 30.2. The predicted molar refractivity (Wildman–Crippen MR) is 582 cm³/mol. The molecule has 0 aliphatic heterocycles. The molecular weight excluding hydrogens is 1450 g/mol. The molecule has 708 valence electrons. The van der Waals surface area contributed by atoms with Crippen LogP contribution in [0.1, 0.15) is 353 Å². The van der Waals surface area contributed by atoms with Crippen molar-refractivity contribution in [2.45, 2.75) is 168 Å². The van der Waals surface area contributed by atoms with E-state index in [2.05, 4.69) is 78.3 Å². The normalized spacial score (nSPS) is 28.3. The van der Waals surface area contributed by atoms with Crippen LogP contribution in [0.15, 0.2) is 216 Å². The monoisotopic (exact) mass is 1920 g/mol. The van der Waals surface area contributed by atoms with Crippen molar-refractivity contribution < 1.29 is 215 Å². The van der Waals surface area contributed by atoms with Gasteiger partial charge in [0.15, 0.2) is 23.3 Å². The Morgan fingerprint density at radius 2 is 0.853 bits per heavy atom. The van der Waals surface area contributed by atoms with E-state index < -0.39 is 21.7 Å². The summed E-state index contributed by atoms with van der Waals surface area (Å²) >= 11 is 0. The van der Waals surface area contributed by atoms with Gasteiger partial charge in [-0.05, 0) is 161 Å². The van der Waals surface area contributed by atoms with E-state index in [0.29, 0.717) is 95.0 Å². The van der Waals surface area contributed by atoms with Crippen LogP contribution in [0.2, 0.25) is 0 Å². The van der Waals surface area contributed by atoms with E-state index in [9.17, 15) is 9.90 Å². The molecule has 9 atom stereocenters. The number of halogens is 3. The van der Waals surface area contributed by atoms with Gasteiger partial charge in [0, 0.05) is 310 Å². The number of nitrogens with zero attached hydrogens (tertiary/aromatic N) is 12. The minimum atomic E-state index is -0.688. The first-order chi connectivity index (χ1) is 119. The molecule has 0 bridgehead atoms. The number of Topliss-reactive ketones (excluding diaryl/α,β-unsaturated/α-hetero) is 1. The lowest BCUT2D eigenvalue weighted by atomic mass is 9.50. The van der Waals surface area contributed by atoms with Gasteiger partial charge in [0.05, 0.1) is 70.1 Å². The van der Waals surface area contributed by atoms with E-state index >= 15 is 13.2 Å². The number of rotatable bonds is 9. The fourth-order valence-corrected chi connectivity index (χ4v) is 20.9. The van der Waals surface area contributed by atoms with Gasteiger partial charge < -0.3 is 14.4 Å². The lowest BCUT2D eigenvalue weighted by Crippen LogP contribution is -2.53. The molecule has 0 fully saturated rings. The lowest BCUT2D eigenvalue weighted by molar-refractivity contribution is -0.130. The molecule has 13 aromatic rings. The number of fused-ring (bicyclic) bond motifs is 13. The van der Waals surface area contributed by atoms with Crippen molar-refractivity contribution in [2.24, 2.45) is 28.6 Å². The number of pyridine rings is 3. The Morgan fingerprint density at radius 1 is 0.474 bits per heavy atom. The molecule has 6 aliphatic rings. The molecule has 7 aromatic heterocycles. The Labute approximate surface area is 868 Å². The molecule has 0 spiro atoms. The summed E-state index contributed by atoms with van der Waals surface area (Å²) in [4.78, 5) is 65.2. The molecule has 19 rings (SSSR count). The summed E-state index contributed by atoms with van der Waals surface area (Å²) in [5.74, 6) is 2.13. The molecule has 116 heavy (non-hydrogen) atoms.